The van der Waals surface area contributed by atoms with Crippen LogP contribution < -0.4 is 0 Å². The largest absolute Gasteiger partial charge is 0.336 e. The molecule has 0 saturated carbocycles. The van der Waals surface area contributed by atoms with Crippen molar-refractivity contribution in [1.82, 2.24) is 4.90 Å². The van der Waals surface area contributed by atoms with Gasteiger partial charge in [0.15, 0.2) is 0 Å². The van der Waals surface area contributed by atoms with Gasteiger partial charge >= 0.3 is 0 Å². The van der Waals surface area contributed by atoms with Gasteiger partial charge in [0, 0.05) is 22.4 Å². The fraction of sp³-hybridized carbons (Fsp3) is 0.500. The SMILES string of the molecule is O=C(c1c(F)cccc1Br)N1CCCCC1CCBr. The quantitative estimate of drug-likeness (QED) is 0.699. The van der Waals surface area contributed by atoms with Crippen LogP contribution in [0, 0.1) is 5.82 Å². The molecule has 1 heterocycles. The average Bonchev–Trinajstić information content (AvgIpc) is 2.39. The third-order valence-corrected chi connectivity index (χ3v) is 4.63. The zero-order valence-electron chi connectivity index (χ0n) is 10.5. The van der Waals surface area contributed by atoms with E-state index >= 15 is 0 Å². The van der Waals surface area contributed by atoms with Crippen LogP contribution in [0.5, 0.6) is 0 Å². The van der Waals surface area contributed by atoms with E-state index in [1.54, 1.807) is 12.1 Å². The standard InChI is InChI=1S/C14H16Br2FNO/c15-8-7-10-4-1-2-9-18(10)14(19)13-11(16)5-3-6-12(13)17/h3,5-6,10H,1-2,4,7-9H2. The molecule has 1 saturated heterocycles. The molecule has 1 atom stereocenters. The highest BCUT2D eigenvalue weighted by Gasteiger charge is 2.29. The lowest BCUT2D eigenvalue weighted by molar-refractivity contribution is 0.0604. The van der Waals surface area contributed by atoms with Crippen molar-refractivity contribution in [1.29, 1.82) is 0 Å². The Hall–Kier alpha value is -0.420. The van der Waals surface area contributed by atoms with Crippen molar-refractivity contribution >= 4 is 37.8 Å². The maximum atomic E-state index is 13.9. The Morgan fingerprint density at radius 3 is 2.89 bits per heavy atom. The van der Waals surface area contributed by atoms with Crippen molar-refractivity contribution in [3.63, 3.8) is 0 Å². The Morgan fingerprint density at radius 1 is 1.42 bits per heavy atom. The number of carbonyl (C=O) groups is 1. The minimum atomic E-state index is -0.456. The highest BCUT2D eigenvalue weighted by atomic mass is 79.9. The van der Waals surface area contributed by atoms with Crippen molar-refractivity contribution in [2.75, 3.05) is 11.9 Å². The van der Waals surface area contributed by atoms with Crippen LogP contribution >= 0.6 is 31.9 Å². The highest BCUT2D eigenvalue weighted by molar-refractivity contribution is 9.10. The van der Waals surface area contributed by atoms with Gasteiger partial charge in [-0.25, -0.2) is 4.39 Å². The summed E-state index contributed by atoms with van der Waals surface area (Å²) in [7, 11) is 0. The van der Waals surface area contributed by atoms with Crippen LogP contribution in [-0.4, -0.2) is 28.7 Å². The maximum absolute atomic E-state index is 13.9. The smallest absolute Gasteiger partial charge is 0.258 e. The van der Waals surface area contributed by atoms with Crippen molar-refractivity contribution < 1.29 is 9.18 Å². The van der Waals surface area contributed by atoms with E-state index in [1.807, 2.05) is 4.90 Å². The molecule has 1 aliphatic rings. The summed E-state index contributed by atoms with van der Waals surface area (Å²) < 4.78 is 14.4. The number of halogens is 3. The zero-order valence-corrected chi connectivity index (χ0v) is 13.7. The summed E-state index contributed by atoms with van der Waals surface area (Å²) in [5, 5.41) is 0.861. The average molecular weight is 393 g/mol. The van der Waals surface area contributed by atoms with Crippen LogP contribution in [-0.2, 0) is 0 Å². The van der Waals surface area contributed by atoms with Crippen molar-refractivity contribution in [3.8, 4) is 0 Å². The third kappa shape index (κ3) is 3.37. The molecule has 2 nitrogen and oxygen atoms in total. The van der Waals surface area contributed by atoms with E-state index in [9.17, 15) is 9.18 Å². The van der Waals surface area contributed by atoms with E-state index in [-0.39, 0.29) is 17.5 Å². The summed E-state index contributed by atoms with van der Waals surface area (Å²) in [4.78, 5) is 14.4. The summed E-state index contributed by atoms with van der Waals surface area (Å²) in [6, 6.07) is 4.86. The van der Waals surface area contributed by atoms with Gasteiger partial charge in [0.1, 0.15) is 5.82 Å². The number of alkyl halides is 1. The van der Waals surface area contributed by atoms with Crippen LogP contribution in [0.2, 0.25) is 0 Å². The van der Waals surface area contributed by atoms with E-state index < -0.39 is 5.82 Å². The van der Waals surface area contributed by atoms with Crippen LogP contribution in [0.4, 0.5) is 4.39 Å². The molecule has 0 radical (unpaired) electrons. The second-order valence-corrected chi connectivity index (χ2v) is 6.37. The first kappa shape index (κ1) is 15.0. The summed E-state index contributed by atoms with van der Waals surface area (Å²) in [6.45, 7) is 0.720. The number of benzene rings is 1. The number of hydrogen-bond donors (Lipinski definition) is 0. The molecule has 1 aromatic carbocycles. The van der Waals surface area contributed by atoms with Gasteiger partial charge in [0.25, 0.3) is 5.91 Å². The zero-order chi connectivity index (χ0) is 13.8. The number of likely N-dealkylation sites (tertiary alicyclic amines) is 1. The molecule has 1 aromatic rings. The van der Waals surface area contributed by atoms with Gasteiger partial charge in [-0.1, -0.05) is 22.0 Å². The van der Waals surface area contributed by atoms with Gasteiger partial charge in [0.05, 0.1) is 5.56 Å². The minimum Gasteiger partial charge on any atom is -0.336 e. The molecule has 5 heteroatoms. The molecule has 0 bridgehead atoms. The van der Waals surface area contributed by atoms with E-state index in [4.69, 9.17) is 0 Å². The van der Waals surface area contributed by atoms with Gasteiger partial charge in [-0.05, 0) is 53.7 Å². The Balaban J connectivity index is 2.26. The fourth-order valence-electron chi connectivity index (χ4n) is 2.54. The molecule has 19 heavy (non-hydrogen) atoms. The number of hydrogen-bond acceptors (Lipinski definition) is 1. The first-order valence-electron chi connectivity index (χ1n) is 6.46. The van der Waals surface area contributed by atoms with Crippen LogP contribution in [0.3, 0.4) is 0 Å². The monoisotopic (exact) mass is 391 g/mol. The Kier molecular flexibility index (Phi) is 5.39. The number of amides is 1. The van der Waals surface area contributed by atoms with Crippen LogP contribution in [0.1, 0.15) is 36.0 Å². The van der Waals surface area contributed by atoms with Crippen LogP contribution in [0.15, 0.2) is 22.7 Å². The molecule has 1 amide bonds. The normalized spacial score (nSPS) is 19.5. The third-order valence-electron chi connectivity index (χ3n) is 3.51. The summed E-state index contributed by atoms with van der Waals surface area (Å²) >= 11 is 6.70. The van der Waals surface area contributed by atoms with Gasteiger partial charge in [-0.2, -0.15) is 0 Å². The van der Waals surface area contributed by atoms with Gasteiger partial charge in [0.2, 0.25) is 0 Å². The van der Waals surface area contributed by atoms with E-state index in [1.165, 1.54) is 6.07 Å². The fourth-order valence-corrected chi connectivity index (χ4v) is 3.58. The van der Waals surface area contributed by atoms with Crippen molar-refractivity contribution in [2.45, 2.75) is 31.7 Å². The number of rotatable bonds is 3. The second kappa shape index (κ2) is 6.84. The molecule has 2 rings (SSSR count). The second-order valence-electron chi connectivity index (χ2n) is 4.72. The predicted octanol–water partition coefficient (Wildman–Crippen LogP) is 4.37. The molecule has 0 spiro atoms. The lowest BCUT2D eigenvalue weighted by Crippen LogP contribution is -2.44. The van der Waals surface area contributed by atoms with E-state index in [0.717, 1.165) is 37.6 Å². The molecule has 0 aliphatic carbocycles. The summed E-state index contributed by atoms with van der Waals surface area (Å²) in [5.74, 6) is -0.654. The van der Waals surface area contributed by atoms with E-state index in [0.29, 0.717) is 4.47 Å². The number of piperidine rings is 1. The molecule has 1 aliphatic heterocycles. The summed E-state index contributed by atoms with van der Waals surface area (Å²) in [6.07, 6.45) is 4.05. The maximum Gasteiger partial charge on any atom is 0.258 e. The lowest BCUT2D eigenvalue weighted by atomic mass is 9.99. The molecule has 0 aromatic heterocycles. The molecule has 1 unspecified atom stereocenters. The lowest BCUT2D eigenvalue weighted by Gasteiger charge is -2.36. The molecular formula is C14H16Br2FNO. The minimum absolute atomic E-state index is 0.156. The molecular weight excluding hydrogens is 377 g/mol. The first-order chi connectivity index (χ1) is 9.15. The Labute approximate surface area is 129 Å². The topological polar surface area (TPSA) is 20.3 Å². The van der Waals surface area contributed by atoms with E-state index in [2.05, 4.69) is 31.9 Å². The number of carbonyl (C=O) groups excluding carboxylic acids is 1. The highest BCUT2D eigenvalue weighted by Crippen LogP contribution is 2.27. The summed E-state index contributed by atoms with van der Waals surface area (Å²) in [5.41, 5.74) is 0.156. The Bertz CT molecular complexity index is 445. The van der Waals surface area contributed by atoms with Crippen LogP contribution in [0.25, 0.3) is 0 Å². The number of nitrogens with zero attached hydrogens (tertiary/aromatic N) is 1. The predicted molar refractivity (Wildman–Crippen MR) is 81.2 cm³/mol. The molecule has 1 fully saturated rings. The molecule has 0 N–H and O–H groups in total. The first-order valence-corrected chi connectivity index (χ1v) is 8.37. The van der Waals surface area contributed by atoms with Crippen molar-refractivity contribution in [2.24, 2.45) is 0 Å². The molecule has 104 valence electrons. The van der Waals surface area contributed by atoms with Gasteiger partial charge in [-0.3, -0.25) is 4.79 Å². The van der Waals surface area contributed by atoms with Crippen molar-refractivity contribution in [3.05, 3.63) is 34.1 Å². The van der Waals surface area contributed by atoms with Gasteiger partial charge in [-0.15, -0.1) is 0 Å². The van der Waals surface area contributed by atoms with Gasteiger partial charge < -0.3 is 4.90 Å². The Morgan fingerprint density at radius 2 is 2.21 bits per heavy atom.